The third-order valence-corrected chi connectivity index (χ3v) is 6.19. The minimum absolute atomic E-state index is 0.916. The van der Waals surface area contributed by atoms with Crippen molar-refractivity contribution in [3.63, 3.8) is 0 Å². The average molecular weight is 383 g/mol. The second kappa shape index (κ2) is 5.74. The third-order valence-electron chi connectivity index (χ3n) is 6.19. The Bertz CT molecular complexity index is 1740. The Morgan fingerprint density at radius 2 is 1.23 bits per heavy atom. The van der Waals surface area contributed by atoms with Crippen LogP contribution in [0.2, 0.25) is 0 Å². The summed E-state index contributed by atoms with van der Waals surface area (Å²) in [4.78, 5) is 3.53. The molecule has 0 amide bonds. The van der Waals surface area contributed by atoms with Crippen molar-refractivity contribution in [2.24, 2.45) is 0 Å². The SMILES string of the molecule is c1ccc(-c2cc3c4cc5c(cc4oc3c3ccccc23)[nH]c2ccccc25)cc1. The van der Waals surface area contributed by atoms with Gasteiger partial charge in [-0.3, -0.25) is 0 Å². The van der Waals surface area contributed by atoms with Crippen molar-refractivity contribution in [3.8, 4) is 11.1 Å². The van der Waals surface area contributed by atoms with E-state index in [2.05, 4.69) is 102 Å². The first-order valence-electron chi connectivity index (χ1n) is 10.2. The molecule has 0 aliphatic rings. The summed E-state index contributed by atoms with van der Waals surface area (Å²) in [6.45, 7) is 0. The molecule has 0 fully saturated rings. The minimum atomic E-state index is 0.916. The number of fused-ring (bicyclic) bond motifs is 8. The second-order valence-corrected chi connectivity index (χ2v) is 7.88. The van der Waals surface area contributed by atoms with Gasteiger partial charge in [0.1, 0.15) is 11.2 Å². The fourth-order valence-electron chi connectivity index (χ4n) is 4.80. The number of rotatable bonds is 1. The molecule has 0 saturated heterocycles. The van der Waals surface area contributed by atoms with Gasteiger partial charge in [0.15, 0.2) is 0 Å². The van der Waals surface area contributed by atoms with E-state index in [0.29, 0.717) is 0 Å². The summed E-state index contributed by atoms with van der Waals surface area (Å²) >= 11 is 0. The minimum Gasteiger partial charge on any atom is -0.455 e. The van der Waals surface area contributed by atoms with Crippen LogP contribution in [0.25, 0.3) is 65.6 Å². The lowest BCUT2D eigenvalue weighted by atomic mass is 9.95. The number of aromatic nitrogens is 1. The molecule has 0 bridgehead atoms. The molecule has 0 aliphatic heterocycles. The fourth-order valence-corrected chi connectivity index (χ4v) is 4.80. The van der Waals surface area contributed by atoms with Gasteiger partial charge < -0.3 is 9.40 Å². The van der Waals surface area contributed by atoms with E-state index in [0.717, 1.165) is 38.4 Å². The predicted molar refractivity (Wildman–Crippen MR) is 126 cm³/mol. The quantitative estimate of drug-likeness (QED) is 0.305. The first-order valence-corrected chi connectivity index (χ1v) is 10.2. The van der Waals surface area contributed by atoms with E-state index < -0.39 is 0 Å². The van der Waals surface area contributed by atoms with Gasteiger partial charge in [-0.2, -0.15) is 0 Å². The van der Waals surface area contributed by atoms with Gasteiger partial charge in [-0.15, -0.1) is 0 Å². The van der Waals surface area contributed by atoms with Crippen molar-refractivity contribution < 1.29 is 4.42 Å². The van der Waals surface area contributed by atoms with Crippen LogP contribution >= 0.6 is 0 Å². The standard InChI is InChI=1S/C28H17NO/c1-2-8-17(9-3-1)21-14-24-23-15-22-19-11-6-7-13-25(19)29-26(22)16-27(23)30-28(24)20-12-5-4-10-18(20)21/h1-16,29H. The Labute approximate surface area is 172 Å². The summed E-state index contributed by atoms with van der Waals surface area (Å²) in [5, 5.41) is 7.16. The largest absolute Gasteiger partial charge is 0.455 e. The molecule has 140 valence electrons. The molecule has 0 aliphatic carbocycles. The van der Waals surface area contributed by atoms with Crippen LogP contribution in [0.4, 0.5) is 0 Å². The fraction of sp³-hybridized carbons (Fsp3) is 0. The summed E-state index contributed by atoms with van der Waals surface area (Å²) in [6, 6.07) is 34.3. The molecule has 0 unspecified atom stereocenters. The lowest BCUT2D eigenvalue weighted by Gasteiger charge is -2.08. The van der Waals surface area contributed by atoms with Gasteiger partial charge in [0.2, 0.25) is 0 Å². The molecule has 2 aromatic heterocycles. The third kappa shape index (κ3) is 2.08. The molecule has 7 rings (SSSR count). The van der Waals surface area contributed by atoms with Gasteiger partial charge >= 0.3 is 0 Å². The van der Waals surface area contributed by atoms with Crippen LogP contribution in [0.1, 0.15) is 0 Å². The van der Waals surface area contributed by atoms with Crippen LogP contribution < -0.4 is 0 Å². The Morgan fingerprint density at radius 3 is 2.10 bits per heavy atom. The zero-order valence-electron chi connectivity index (χ0n) is 16.1. The van der Waals surface area contributed by atoms with E-state index in [1.165, 1.54) is 27.3 Å². The molecule has 0 spiro atoms. The number of benzene rings is 5. The summed E-state index contributed by atoms with van der Waals surface area (Å²) in [7, 11) is 0. The van der Waals surface area contributed by atoms with Crippen molar-refractivity contribution >= 4 is 54.5 Å². The molecular formula is C28H17NO. The summed E-state index contributed by atoms with van der Waals surface area (Å²) in [5.74, 6) is 0. The zero-order chi connectivity index (χ0) is 19.7. The first-order chi connectivity index (χ1) is 14.9. The number of H-pyrrole nitrogens is 1. The lowest BCUT2D eigenvalue weighted by Crippen LogP contribution is -1.82. The van der Waals surface area contributed by atoms with Gasteiger partial charge in [0.05, 0.1) is 5.52 Å². The van der Waals surface area contributed by atoms with Gasteiger partial charge in [-0.25, -0.2) is 0 Å². The van der Waals surface area contributed by atoms with E-state index in [9.17, 15) is 0 Å². The molecule has 0 saturated carbocycles. The van der Waals surface area contributed by atoms with Crippen molar-refractivity contribution in [2.45, 2.75) is 0 Å². The highest BCUT2D eigenvalue weighted by atomic mass is 16.3. The predicted octanol–water partition coefficient (Wildman–Crippen LogP) is 8.04. The van der Waals surface area contributed by atoms with Crippen molar-refractivity contribution in [3.05, 3.63) is 97.1 Å². The van der Waals surface area contributed by atoms with Crippen LogP contribution in [0.5, 0.6) is 0 Å². The molecule has 1 N–H and O–H groups in total. The maximum Gasteiger partial charge on any atom is 0.143 e. The van der Waals surface area contributed by atoms with Gasteiger partial charge in [-0.1, -0.05) is 72.8 Å². The molecule has 0 atom stereocenters. The Hall–Kier alpha value is -4.04. The van der Waals surface area contributed by atoms with E-state index in [1.54, 1.807) is 0 Å². The van der Waals surface area contributed by atoms with Crippen molar-refractivity contribution in [1.82, 2.24) is 4.98 Å². The summed E-state index contributed by atoms with van der Waals surface area (Å²) in [6.07, 6.45) is 0. The van der Waals surface area contributed by atoms with E-state index in [1.807, 2.05) is 0 Å². The molecule has 2 heteroatoms. The van der Waals surface area contributed by atoms with Crippen molar-refractivity contribution in [2.75, 3.05) is 0 Å². The molecule has 30 heavy (non-hydrogen) atoms. The van der Waals surface area contributed by atoms with Crippen molar-refractivity contribution in [1.29, 1.82) is 0 Å². The monoisotopic (exact) mass is 383 g/mol. The molecule has 7 aromatic rings. The van der Waals surface area contributed by atoms with Gasteiger partial charge in [0.25, 0.3) is 0 Å². The number of hydrogen-bond acceptors (Lipinski definition) is 1. The molecule has 5 aromatic carbocycles. The van der Waals surface area contributed by atoms with Crippen LogP contribution in [0.3, 0.4) is 0 Å². The summed E-state index contributed by atoms with van der Waals surface area (Å²) < 4.78 is 6.44. The van der Waals surface area contributed by atoms with E-state index in [4.69, 9.17) is 4.42 Å². The highest BCUT2D eigenvalue weighted by molar-refractivity contribution is 6.22. The Kier molecular flexibility index (Phi) is 3.03. The van der Waals surface area contributed by atoms with Crippen LogP contribution in [-0.4, -0.2) is 4.98 Å². The van der Waals surface area contributed by atoms with Gasteiger partial charge in [0, 0.05) is 38.5 Å². The zero-order valence-corrected chi connectivity index (χ0v) is 16.1. The Balaban J connectivity index is 1.67. The maximum atomic E-state index is 6.44. The van der Waals surface area contributed by atoms with Crippen LogP contribution in [-0.2, 0) is 0 Å². The lowest BCUT2D eigenvalue weighted by molar-refractivity contribution is 0.673. The molecule has 2 heterocycles. The highest BCUT2D eigenvalue weighted by Gasteiger charge is 2.16. The Morgan fingerprint density at radius 1 is 0.500 bits per heavy atom. The number of nitrogens with one attached hydrogen (secondary N) is 1. The number of furan rings is 1. The maximum absolute atomic E-state index is 6.44. The number of para-hydroxylation sites is 1. The number of hydrogen-bond donors (Lipinski definition) is 1. The first kappa shape index (κ1) is 15.8. The number of aromatic amines is 1. The smallest absolute Gasteiger partial charge is 0.143 e. The van der Waals surface area contributed by atoms with Gasteiger partial charge in [-0.05, 0) is 34.7 Å². The molecule has 2 nitrogen and oxygen atoms in total. The molecular weight excluding hydrogens is 366 g/mol. The molecule has 0 radical (unpaired) electrons. The average Bonchev–Trinajstić information content (AvgIpc) is 3.35. The summed E-state index contributed by atoms with van der Waals surface area (Å²) in [5.41, 5.74) is 6.59. The van der Waals surface area contributed by atoms with Crippen LogP contribution in [0.15, 0.2) is 101 Å². The normalized spacial score (nSPS) is 12.0. The topological polar surface area (TPSA) is 28.9 Å². The van der Waals surface area contributed by atoms with E-state index in [-0.39, 0.29) is 0 Å². The van der Waals surface area contributed by atoms with E-state index >= 15 is 0 Å². The highest BCUT2D eigenvalue weighted by Crippen LogP contribution is 2.41. The second-order valence-electron chi connectivity index (χ2n) is 7.88. The van der Waals surface area contributed by atoms with Crippen LogP contribution in [0, 0.1) is 0 Å².